The molecule has 2 heterocycles. The van der Waals surface area contributed by atoms with Crippen molar-refractivity contribution in [2.45, 2.75) is 5.37 Å². The van der Waals surface area contributed by atoms with Gasteiger partial charge in [0.15, 0.2) is 5.76 Å². The normalized spacial score (nSPS) is 16.2. The molecule has 3 aromatic rings. The molecule has 7 heteroatoms. The van der Waals surface area contributed by atoms with Crippen molar-refractivity contribution in [2.24, 2.45) is 0 Å². The fourth-order valence-electron chi connectivity index (χ4n) is 3.06. The summed E-state index contributed by atoms with van der Waals surface area (Å²) >= 11 is 1.56. The van der Waals surface area contributed by atoms with Gasteiger partial charge in [-0.15, -0.1) is 11.8 Å². The van der Waals surface area contributed by atoms with Crippen LogP contribution in [0.2, 0.25) is 0 Å². The molecule has 1 fully saturated rings. The Kier molecular flexibility index (Phi) is 5.08. The summed E-state index contributed by atoms with van der Waals surface area (Å²) in [7, 11) is 1.61. The molecule has 0 spiro atoms. The van der Waals surface area contributed by atoms with Gasteiger partial charge in [0.2, 0.25) is 5.91 Å². The number of rotatable bonds is 5. The molecule has 6 nitrogen and oxygen atoms in total. The molecule has 0 unspecified atom stereocenters. The lowest BCUT2D eigenvalue weighted by atomic mass is 10.1. The molecule has 0 aliphatic carbocycles. The standard InChI is InChI=1S/C21H18N2O4S/c1-26-17-9-7-16(8-10-17)23-19(24)13-28-21(23)14-4-2-5-15(12-14)22-20(25)18-6-3-11-27-18/h2-12,21H,13H2,1H3,(H,22,25)/t21-/m1/s1. The maximum Gasteiger partial charge on any atom is 0.291 e. The van der Waals surface area contributed by atoms with E-state index in [1.54, 1.807) is 35.9 Å². The van der Waals surface area contributed by atoms with E-state index in [-0.39, 0.29) is 22.9 Å². The fraction of sp³-hybridized carbons (Fsp3) is 0.143. The summed E-state index contributed by atoms with van der Waals surface area (Å²) < 4.78 is 10.3. The average Bonchev–Trinajstić information content (AvgIpc) is 3.38. The molecule has 1 aromatic heterocycles. The summed E-state index contributed by atoms with van der Waals surface area (Å²) in [6.45, 7) is 0. The first-order valence-electron chi connectivity index (χ1n) is 8.68. The van der Waals surface area contributed by atoms with Crippen LogP contribution in [-0.4, -0.2) is 24.7 Å². The van der Waals surface area contributed by atoms with Crippen LogP contribution in [0, 0.1) is 0 Å². The molecule has 2 aromatic carbocycles. The number of nitrogens with zero attached hydrogens (tertiary/aromatic N) is 1. The minimum Gasteiger partial charge on any atom is -0.497 e. The SMILES string of the molecule is COc1ccc(N2C(=O)CS[C@@H]2c2cccc(NC(=O)c3ccco3)c2)cc1. The molecule has 4 rings (SSSR count). The number of methoxy groups -OCH3 is 1. The second-order valence-corrected chi connectivity index (χ2v) is 7.25. The summed E-state index contributed by atoms with van der Waals surface area (Å²) in [5, 5.41) is 2.66. The zero-order valence-electron chi connectivity index (χ0n) is 15.1. The quantitative estimate of drug-likeness (QED) is 0.698. The van der Waals surface area contributed by atoms with Gasteiger partial charge in [0.1, 0.15) is 11.1 Å². The third kappa shape index (κ3) is 3.61. The Morgan fingerprint density at radius 1 is 1.18 bits per heavy atom. The smallest absolute Gasteiger partial charge is 0.291 e. The molecule has 142 valence electrons. The Balaban J connectivity index is 1.58. The number of ether oxygens (including phenoxy) is 1. The molecule has 1 saturated heterocycles. The summed E-state index contributed by atoms with van der Waals surface area (Å²) in [6, 6.07) is 18.2. The van der Waals surface area contributed by atoms with Crippen molar-refractivity contribution in [2.75, 3.05) is 23.1 Å². The van der Waals surface area contributed by atoms with Crippen LogP contribution in [-0.2, 0) is 4.79 Å². The lowest BCUT2D eigenvalue weighted by Crippen LogP contribution is -2.27. The third-order valence-corrected chi connectivity index (χ3v) is 5.61. The number of nitrogens with one attached hydrogen (secondary N) is 1. The molecular weight excluding hydrogens is 376 g/mol. The molecule has 1 N–H and O–H groups in total. The van der Waals surface area contributed by atoms with Crippen molar-refractivity contribution < 1.29 is 18.7 Å². The van der Waals surface area contributed by atoms with E-state index in [0.717, 1.165) is 17.0 Å². The van der Waals surface area contributed by atoms with Gasteiger partial charge < -0.3 is 14.5 Å². The number of thioether (sulfide) groups is 1. The zero-order chi connectivity index (χ0) is 19.5. The van der Waals surface area contributed by atoms with Gasteiger partial charge in [0.25, 0.3) is 5.91 Å². The van der Waals surface area contributed by atoms with E-state index in [2.05, 4.69) is 5.32 Å². The highest BCUT2D eigenvalue weighted by atomic mass is 32.2. The lowest BCUT2D eigenvalue weighted by Gasteiger charge is -2.25. The largest absolute Gasteiger partial charge is 0.497 e. The van der Waals surface area contributed by atoms with Gasteiger partial charge in [0.05, 0.1) is 19.1 Å². The highest BCUT2D eigenvalue weighted by molar-refractivity contribution is 8.00. The molecule has 1 aliphatic rings. The van der Waals surface area contributed by atoms with Crippen molar-refractivity contribution in [3.8, 4) is 5.75 Å². The second-order valence-electron chi connectivity index (χ2n) is 6.18. The fourth-order valence-corrected chi connectivity index (χ4v) is 4.23. The predicted octanol–water partition coefficient (Wildman–Crippen LogP) is 4.32. The van der Waals surface area contributed by atoms with E-state index < -0.39 is 0 Å². The molecule has 1 aliphatic heterocycles. The van der Waals surface area contributed by atoms with Crippen LogP contribution >= 0.6 is 11.8 Å². The predicted molar refractivity (Wildman–Crippen MR) is 109 cm³/mol. The molecular formula is C21H18N2O4S. The number of hydrogen-bond acceptors (Lipinski definition) is 5. The maximum atomic E-state index is 12.5. The van der Waals surface area contributed by atoms with Crippen molar-refractivity contribution >= 4 is 35.0 Å². The van der Waals surface area contributed by atoms with Crippen LogP contribution in [0.25, 0.3) is 0 Å². The monoisotopic (exact) mass is 394 g/mol. The van der Waals surface area contributed by atoms with E-state index in [4.69, 9.17) is 9.15 Å². The molecule has 0 radical (unpaired) electrons. The van der Waals surface area contributed by atoms with Crippen LogP contribution in [0.3, 0.4) is 0 Å². The number of hydrogen-bond donors (Lipinski definition) is 1. The lowest BCUT2D eigenvalue weighted by molar-refractivity contribution is -0.115. The molecule has 0 saturated carbocycles. The molecule has 1 atom stereocenters. The number of anilines is 2. The molecule has 2 amide bonds. The Morgan fingerprint density at radius 2 is 2.00 bits per heavy atom. The Labute approximate surface area is 166 Å². The maximum absolute atomic E-state index is 12.5. The topological polar surface area (TPSA) is 71.8 Å². The van der Waals surface area contributed by atoms with E-state index >= 15 is 0 Å². The number of carbonyl (C=O) groups excluding carboxylic acids is 2. The summed E-state index contributed by atoms with van der Waals surface area (Å²) in [4.78, 5) is 26.5. The highest BCUT2D eigenvalue weighted by Crippen LogP contribution is 2.42. The van der Waals surface area contributed by atoms with Crippen molar-refractivity contribution in [3.05, 3.63) is 78.3 Å². The van der Waals surface area contributed by atoms with Crippen LogP contribution in [0.5, 0.6) is 5.75 Å². The van der Waals surface area contributed by atoms with Crippen molar-refractivity contribution in [1.82, 2.24) is 0 Å². The number of amides is 2. The average molecular weight is 394 g/mol. The first-order valence-corrected chi connectivity index (χ1v) is 9.73. The number of carbonyl (C=O) groups is 2. The summed E-state index contributed by atoms with van der Waals surface area (Å²) in [6.07, 6.45) is 1.46. The van der Waals surface area contributed by atoms with Gasteiger partial charge in [-0.05, 0) is 54.1 Å². The van der Waals surface area contributed by atoms with Crippen LogP contribution in [0.15, 0.2) is 71.3 Å². The molecule has 0 bridgehead atoms. The van der Waals surface area contributed by atoms with Crippen molar-refractivity contribution in [1.29, 1.82) is 0 Å². The van der Waals surface area contributed by atoms with E-state index in [9.17, 15) is 9.59 Å². The second kappa shape index (κ2) is 7.82. The first kappa shape index (κ1) is 18.2. The Bertz CT molecular complexity index is 986. The van der Waals surface area contributed by atoms with Gasteiger partial charge in [-0.2, -0.15) is 0 Å². The minimum atomic E-state index is -0.315. The van der Waals surface area contributed by atoms with Crippen LogP contribution < -0.4 is 15.0 Å². The van der Waals surface area contributed by atoms with Gasteiger partial charge in [-0.25, -0.2) is 0 Å². The first-order chi connectivity index (χ1) is 13.7. The van der Waals surface area contributed by atoms with Crippen LogP contribution in [0.4, 0.5) is 11.4 Å². The van der Waals surface area contributed by atoms with Crippen LogP contribution in [0.1, 0.15) is 21.5 Å². The minimum absolute atomic E-state index is 0.0465. The zero-order valence-corrected chi connectivity index (χ0v) is 15.9. The molecule has 28 heavy (non-hydrogen) atoms. The van der Waals surface area contributed by atoms with E-state index in [1.807, 2.05) is 48.5 Å². The highest BCUT2D eigenvalue weighted by Gasteiger charge is 2.34. The van der Waals surface area contributed by atoms with Gasteiger partial charge >= 0.3 is 0 Å². The third-order valence-electron chi connectivity index (χ3n) is 4.39. The van der Waals surface area contributed by atoms with E-state index in [0.29, 0.717) is 11.4 Å². The van der Waals surface area contributed by atoms with E-state index in [1.165, 1.54) is 6.26 Å². The van der Waals surface area contributed by atoms with Gasteiger partial charge in [0, 0.05) is 11.4 Å². The van der Waals surface area contributed by atoms with Crippen molar-refractivity contribution in [3.63, 3.8) is 0 Å². The van der Waals surface area contributed by atoms with Gasteiger partial charge in [-0.1, -0.05) is 12.1 Å². The summed E-state index contributed by atoms with van der Waals surface area (Å²) in [5.74, 6) is 1.12. The number of benzene rings is 2. The summed E-state index contributed by atoms with van der Waals surface area (Å²) in [5.41, 5.74) is 2.39. The Hall–Kier alpha value is -3.19. The Morgan fingerprint density at radius 3 is 2.71 bits per heavy atom. The van der Waals surface area contributed by atoms with Gasteiger partial charge in [-0.3, -0.25) is 14.5 Å². The number of furan rings is 1.